The van der Waals surface area contributed by atoms with Crippen LogP contribution in [0.1, 0.15) is 24.2 Å². The van der Waals surface area contributed by atoms with Crippen molar-refractivity contribution in [2.75, 3.05) is 0 Å². The van der Waals surface area contributed by atoms with Crippen LogP contribution >= 0.6 is 23.2 Å². The molecule has 0 aliphatic heterocycles. The molecule has 0 aromatic heterocycles. The van der Waals surface area contributed by atoms with Gasteiger partial charge in [0.1, 0.15) is 6.04 Å². The molecular weight excluding hydrogens is 289 g/mol. The molecule has 0 bridgehead atoms. The Hall–Kier alpha value is -1.30. The Morgan fingerprint density at radius 1 is 1.26 bits per heavy atom. The number of carbonyl (C=O) groups excluding carboxylic acids is 2. The molecule has 104 valence electrons. The largest absolute Gasteiger partial charge is 0.340 e. The van der Waals surface area contributed by atoms with Crippen LogP contribution in [0.5, 0.6) is 0 Å². The second-order valence-electron chi connectivity index (χ2n) is 4.33. The van der Waals surface area contributed by atoms with E-state index in [1.54, 1.807) is 19.9 Å². The maximum atomic E-state index is 12.1. The lowest BCUT2D eigenvalue weighted by atomic mass is 10.0. The average molecular weight is 304 g/mol. The molecule has 0 aliphatic rings. The summed E-state index contributed by atoms with van der Waals surface area (Å²) >= 11 is 11.7. The molecule has 0 heterocycles. The van der Waals surface area contributed by atoms with Crippen LogP contribution in [-0.4, -0.2) is 17.9 Å². The Morgan fingerprint density at radius 2 is 1.89 bits per heavy atom. The fourth-order valence-corrected chi connectivity index (χ4v) is 2.01. The summed E-state index contributed by atoms with van der Waals surface area (Å²) in [5.74, 6) is 4.05. The number of hydrogen-bond donors (Lipinski definition) is 3. The summed E-state index contributed by atoms with van der Waals surface area (Å²) in [7, 11) is 0. The van der Waals surface area contributed by atoms with Crippen LogP contribution in [0.4, 0.5) is 0 Å². The first-order chi connectivity index (χ1) is 8.86. The van der Waals surface area contributed by atoms with Gasteiger partial charge < -0.3 is 5.32 Å². The van der Waals surface area contributed by atoms with Gasteiger partial charge in [0.15, 0.2) is 0 Å². The summed E-state index contributed by atoms with van der Waals surface area (Å²) in [6.07, 6.45) is 0. The molecule has 0 fully saturated rings. The molecular formula is C12H15Cl2N3O2. The lowest BCUT2D eigenvalue weighted by Crippen LogP contribution is -2.51. The molecule has 7 heteroatoms. The molecule has 1 unspecified atom stereocenters. The van der Waals surface area contributed by atoms with E-state index in [0.29, 0.717) is 5.02 Å². The first-order valence-electron chi connectivity index (χ1n) is 5.63. The van der Waals surface area contributed by atoms with Gasteiger partial charge >= 0.3 is 0 Å². The van der Waals surface area contributed by atoms with E-state index in [2.05, 4.69) is 5.32 Å². The second kappa shape index (κ2) is 6.75. The van der Waals surface area contributed by atoms with E-state index in [-0.39, 0.29) is 16.5 Å². The van der Waals surface area contributed by atoms with E-state index >= 15 is 0 Å². The van der Waals surface area contributed by atoms with Gasteiger partial charge in [-0.25, -0.2) is 5.84 Å². The van der Waals surface area contributed by atoms with Crippen molar-refractivity contribution in [3.63, 3.8) is 0 Å². The van der Waals surface area contributed by atoms with Crippen molar-refractivity contribution in [3.8, 4) is 0 Å². The molecule has 0 radical (unpaired) electrons. The Morgan fingerprint density at radius 3 is 2.37 bits per heavy atom. The van der Waals surface area contributed by atoms with Gasteiger partial charge in [-0.2, -0.15) is 0 Å². The van der Waals surface area contributed by atoms with Crippen molar-refractivity contribution < 1.29 is 9.59 Å². The van der Waals surface area contributed by atoms with Gasteiger partial charge in [-0.3, -0.25) is 15.0 Å². The number of halogens is 2. The van der Waals surface area contributed by atoms with Crippen molar-refractivity contribution in [3.05, 3.63) is 33.8 Å². The molecule has 19 heavy (non-hydrogen) atoms. The summed E-state index contributed by atoms with van der Waals surface area (Å²) in [4.78, 5) is 23.6. The smallest absolute Gasteiger partial charge is 0.256 e. The third-order valence-electron chi connectivity index (χ3n) is 2.55. The van der Waals surface area contributed by atoms with Crippen LogP contribution in [0, 0.1) is 5.92 Å². The molecule has 1 rings (SSSR count). The average Bonchev–Trinajstić information content (AvgIpc) is 2.34. The molecule has 0 saturated heterocycles. The molecule has 0 aliphatic carbocycles. The molecule has 1 aromatic carbocycles. The summed E-state index contributed by atoms with van der Waals surface area (Å²) < 4.78 is 0. The predicted octanol–water partition coefficient (Wildman–Crippen LogP) is 1.74. The van der Waals surface area contributed by atoms with E-state index in [0.717, 1.165) is 0 Å². The minimum Gasteiger partial charge on any atom is -0.340 e. The molecule has 1 atom stereocenters. The number of carbonyl (C=O) groups is 2. The molecule has 4 N–H and O–H groups in total. The first-order valence-corrected chi connectivity index (χ1v) is 6.38. The highest BCUT2D eigenvalue weighted by Gasteiger charge is 2.24. The molecule has 1 aromatic rings. The first kappa shape index (κ1) is 15.8. The minimum atomic E-state index is -0.732. The van der Waals surface area contributed by atoms with E-state index in [1.165, 1.54) is 12.1 Å². The number of hydrazine groups is 1. The lowest BCUT2D eigenvalue weighted by Gasteiger charge is -2.20. The van der Waals surface area contributed by atoms with Gasteiger partial charge in [0, 0.05) is 5.02 Å². The maximum absolute atomic E-state index is 12.1. The van der Waals surface area contributed by atoms with Crippen LogP contribution < -0.4 is 16.6 Å². The van der Waals surface area contributed by atoms with Crippen LogP contribution in [-0.2, 0) is 4.79 Å². The standard InChI is InChI=1S/C12H15Cl2N3O2/c1-6(2)10(12(19)17-15)16-11(18)8-4-3-7(13)5-9(8)14/h3-6,10H,15H2,1-2H3,(H,16,18)(H,17,19). The molecule has 0 saturated carbocycles. The lowest BCUT2D eigenvalue weighted by molar-refractivity contribution is -0.124. The molecule has 2 amide bonds. The number of hydrogen-bond acceptors (Lipinski definition) is 3. The van der Waals surface area contributed by atoms with Crippen LogP contribution in [0.15, 0.2) is 18.2 Å². The Balaban J connectivity index is 2.91. The zero-order valence-corrected chi connectivity index (χ0v) is 12.0. The normalized spacial score (nSPS) is 12.1. The van der Waals surface area contributed by atoms with Gasteiger partial charge in [0.05, 0.1) is 10.6 Å². The molecule has 5 nitrogen and oxygen atoms in total. The Kier molecular flexibility index (Phi) is 5.60. The number of nitrogens with two attached hydrogens (primary N) is 1. The van der Waals surface area contributed by atoms with Gasteiger partial charge in [-0.05, 0) is 24.1 Å². The van der Waals surface area contributed by atoms with E-state index in [4.69, 9.17) is 29.0 Å². The van der Waals surface area contributed by atoms with E-state index in [9.17, 15) is 9.59 Å². The summed E-state index contributed by atoms with van der Waals surface area (Å²) in [5, 5.41) is 3.24. The zero-order valence-electron chi connectivity index (χ0n) is 10.5. The number of rotatable bonds is 4. The van der Waals surface area contributed by atoms with E-state index in [1.807, 2.05) is 5.43 Å². The summed E-state index contributed by atoms with van der Waals surface area (Å²) in [6.45, 7) is 3.59. The Labute approximate surface area is 121 Å². The van der Waals surface area contributed by atoms with Crippen molar-refractivity contribution >= 4 is 35.0 Å². The van der Waals surface area contributed by atoms with Gasteiger partial charge in [0.2, 0.25) is 0 Å². The SMILES string of the molecule is CC(C)C(NC(=O)c1ccc(Cl)cc1Cl)C(=O)NN. The zero-order chi connectivity index (χ0) is 14.6. The maximum Gasteiger partial charge on any atom is 0.256 e. The van der Waals surface area contributed by atoms with Gasteiger partial charge in [-0.15, -0.1) is 0 Å². The number of amides is 2. The highest BCUT2D eigenvalue weighted by molar-refractivity contribution is 6.36. The predicted molar refractivity (Wildman–Crippen MR) is 74.9 cm³/mol. The third-order valence-corrected chi connectivity index (χ3v) is 3.10. The van der Waals surface area contributed by atoms with E-state index < -0.39 is 17.9 Å². The number of benzene rings is 1. The van der Waals surface area contributed by atoms with Crippen molar-refractivity contribution in [1.82, 2.24) is 10.7 Å². The Bertz CT molecular complexity index is 492. The van der Waals surface area contributed by atoms with Crippen molar-refractivity contribution in [1.29, 1.82) is 0 Å². The van der Waals surface area contributed by atoms with Gasteiger partial charge in [-0.1, -0.05) is 37.0 Å². The summed E-state index contributed by atoms with van der Waals surface area (Å²) in [5.41, 5.74) is 2.27. The molecule has 0 spiro atoms. The van der Waals surface area contributed by atoms with Crippen molar-refractivity contribution in [2.45, 2.75) is 19.9 Å². The topological polar surface area (TPSA) is 84.2 Å². The summed E-state index contributed by atoms with van der Waals surface area (Å²) in [6, 6.07) is 3.78. The van der Waals surface area contributed by atoms with Crippen molar-refractivity contribution in [2.24, 2.45) is 11.8 Å². The third kappa shape index (κ3) is 4.09. The van der Waals surface area contributed by atoms with Crippen LogP contribution in [0.25, 0.3) is 0 Å². The van der Waals surface area contributed by atoms with Crippen LogP contribution in [0.2, 0.25) is 10.0 Å². The second-order valence-corrected chi connectivity index (χ2v) is 5.17. The minimum absolute atomic E-state index is 0.112. The van der Waals surface area contributed by atoms with Crippen LogP contribution in [0.3, 0.4) is 0 Å². The van der Waals surface area contributed by atoms with Gasteiger partial charge in [0.25, 0.3) is 11.8 Å². The highest BCUT2D eigenvalue weighted by atomic mass is 35.5. The number of nitrogens with one attached hydrogen (secondary N) is 2. The monoisotopic (exact) mass is 303 g/mol. The fraction of sp³-hybridized carbons (Fsp3) is 0.333. The highest BCUT2D eigenvalue weighted by Crippen LogP contribution is 2.21. The quantitative estimate of drug-likeness (QED) is 0.450. The fourth-order valence-electron chi connectivity index (χ4n) is 1.52.